The van der Waals surface area contributed by atoms with E-state index < -0.39 is 0 Å². The van der Waals surface area contributed by atoms with E-state index in [0.29, 0.717) is 6.54 Å². The first-order chi connectivity index (χ1) is 12.0. The third kappa shape index (κ3) is 3.73. The minimum Gasteiger partial charge on any atom is -0.335 e. The zero-order chi connectivity index (χ0) is 18.0. The number of nitrogens with zero attached hydrogens (tertiary/aromatic N) is 1. The van der Waals surface area contributed by atoms with E-state index in [4.69, 9.17) is 0 Å². The number of aryl methyl sites for hydroxylation is 2. The Kier molecular flexibility index (Phi) is 4.88. The Morgan fingerprint density at radius 3 is 2.52 bits per heavy atom. The molecule has 2 aromatic rings. The summed E-state index contributed by atoms with van der Waals surface area (Å²) in [6.07, 6.45) is 0.272. The van der Waals surface area contributed by atoms with Crippen molar-refractivity contribution in [3.63, 3.8) is 0 Å². The van der Waals surface area contributed by atoms with Crippen LogP contribution in [0.25, 0.3) is 0 Å². The van der Waals surface area contributed by atoms with E-state index in [1.54, 1.807) is 4.90 Å². The number of amides is 2. The minimum atomic E-state index is -0.305. The van der Waals surface area contributed by atoms with Crippen molar-refractivity contribution in [2.45, 2.75) is 33.2 Å². The van der Waals surface area contributed by atoms with Gasteiger partial charge in [0.25, 0.3) is 0 Å². The molecule has 4 nitrogen and oxygen atoms in total. The standard InChI is InChI=1S/C21H24N2O2/c1-14-9-10-19(11-15(14)2)22-21(25)18-12-20(24)23(13-18)16(3)17-7-5-4-6-8-17/h4-11,16,18H,12-13H2,1-3H3,(H,22,25)/t16-,18-/m1/s1. The fraction of sp³-hybridized carbons (Fsp3) is 0.333. The fourth-order valence-electron chi connectivity index (χ4n) is 3.26. The number of carbonyl (C=O) groups is 2. The second-order valence-corrected chi connectivity index (χ2v) is 6.82. The zero-order valence-corrected chi connectivity index (χ0v) is 15.0. The van der Waals surface area contributed by atoms with Gasteiger partial charge in [-0.1, -0.05) is 36.4 Å². The first-order valence-electron chi connectivity index (χ1n) is 8.68. The Morgan fingerprint density at radius 2 is 1.84 bits per heavy atom. The van der Waals surface area contributed by atoms with Crippen LogP contribution in [0.5, 0.6) is 0 Å². The van der Waals surface area contributed by atoms with Crippen LogP contribution in [0.4, 0.5) is 5.69 Å². The van der Waals surface area contributed by atoms with Crippen LogP contribution in [0, 0.1) is 19.8 Å². The van der Waals surface area contributed by atoms with Crippen LogP contribution in [0.2, 0.25) is 0 Å². The third-order valence-corrected chi connectivity index (χ3v) is 5.05. The molecule has 0 aliphatic carbocycles. The van der Waals surface area contributed by atoms with Gasteiger partial charge in [0, 0.05) is 18.7 Å². The van der Waals surface area contributed by atoms with Gasteiger partial charge in [0.1, 0.15) is 0 Å². The summed E-state index contributed by atoms with van der Waals surface area (Å²) in [6.45, 7) is 6.54. The number of anilines is 1. The van der Waals surface area contributed by atoms with Gasteiger partial charge in [-0.25, -0.2) is 0 Å². The lowest BCUT2D eigenvalue weighted by Crippen LogP contribution is -2.30. The van der Waals surface area contributed by atoms with Crippen LogP contribution in [0.15, 0.2) is 48.5 Å². The van der Waals surface area contributed by atoms with Gasteiger partial charge in [0.15, 0.2) is 0 Å². The van der Waals surface area contributed by atoms with E-state index in [2.05, 4.69) is 5.32 Å². The van der Waals surface area contributed by atoms with Gasteiger partial charge in [-0.2, -0.15) is 0 Å². The summed E-state index contributed by atoms with van der Waals surface area (Å²) in [7, 11) is 0. The molecule has 0 unspecified atom stereocenters. The lowest BCUT2D eigenvalue weighted by molar-refractivity contribution is -0.129. The van der Waals surface area contributed by atoms with Crippen LogP contribution < -0.4 is 5.32 Å². The maximum absolute atomic E-state index is 12.6. The largest absolute Gasteiger partial charge is 0.335 e. The Balaban J connectivity index is 1.67. The molecule has 3 rings (SSSR count). The molecule has 2 aromatic carbocycles. The van der Waals surface area contributed by atoms with E-state index in [-0.39, 0.29) is 30.2 Å². The molecule has 0 bridgehead atoms. The molecule has 25 heavy (non-hydrogen) atoms. The summed E-state index contributed by atoms with van der Waals surface area (Å²) in [4.78, 5) is 26.8. The summed E-state index contributed by atoms with van der Waals surface area (Å²) in [6, 6.07) is 15.8. The molecular formula is C21H24N2O2. The SMILES string of the molecule is Cc1ccc(NC(=O)[C@@H]2CC(=O)N([C@H](C)c3ccccc3)C2)cc1C. The second-order valence-electron chi connectivity index (χ2n) is 6.82. The van der Waals surface area contributed by atoms with Crippen LogP contribution in [0.3, 0.4) is 0 Å². The fourth-order valence-corrected chi connectivity index (χ4v) is 3.26. The summed E-state index contributed by atoms with van der Waals surface area (Å²) in [5.41, 5.74) is 4.21. The molecule has 0 radical (unpaired) electrons. The van der Waals surface area contributed by atoms with Crippen LogP contribution in [-0.4, -0.2) is 23.3 Å². The maximum atomic E-state index is 12.6. The lowest BCUT2D eigenvalue weighted by atomic mass is 10.1. The van der Waals surface area contributed by atoms with Crippen molar-refractivity contribution in [3.8, 4) is 0 Å². The molecule has 1 aliphatic rings. The first-order valence-corrected chi connectivity index (χ1v) is 8.68. The Morgan fingerprint density at radius 1 is 1.12 bits per heavy atom. The predicted octanol–water partition coefficient (Wildman–Crippen LogP) is 3.85. The van der Waals surface area contributed by atoms with Crippen molar-refractivity contribution in [1.29, 1.82) is 0 Å². The molecule has 0 saturated carbocycles. The average molecular weight is 336 g/mol. The maximum Gasteiger partial charge on any atom is 0.229 e. The highest BCUT2D eigenvalue weighted by Crippen LogP contribution is 2.29. The number of hydrogen-bond acceptors (Lipinski definition) is 2. The minimum absolute atomic E-state index is 0.0203. The van der Waals surface area contributed by atoms with E-state index in [1.165, 1.54) is 5.56 Å². The monoisotopic (exact) mass is 336 g/mol. The van der Waals surface area contributed by atoms with Gasteiger partial charge >= 0.3 is 0 Å². The van der Waals surface area contributed by atoms with Crippen LogP contribution in [0.1, 0.15) is 36.1 Å². The van der Waals surface area contributed by atoms with Crippen LogP contribution in [-0.2, 0) is 9.59 Å². The molecule has 0 aromatic heterocycles. The zero-order valence-electron chi connectivity index (χ0n) is 15.0. The summed E-state index contributed by atoms with van der Waals surface area (Å²) >= 11 is 0. The first kappa shape index (κ1) is 17.2. The van der Waals surface area contributed by atoms with Crippen molar-refractivity contribution in [3.05, 3.63) is 65.2 Å². The number of nitrogens with one attached hydrogen (secondary N) is 1. The van der Waals surface area contributed by atoms with Gasteiger partial charge < -0.3 is 10.2 Å². The van der Waals surface area contributed by atoms with E-state index >= 15 is 0 Å². The molecule has 0 spiro atoms. The highest BCUT2D eigenvalue weighted by Gasteiger charge is 2.37. The van der Waals surface area contributed by atoms with Gasteiger partial charge in [-0.05, 0) is 49.6 Å². The second kappa shape index (κ2) is 7.09. The van der Waals surface area contributed by atoms with Crippen molar-refractivity contribution in [2.24, 2.45) is 5.92 Å². The Labute approximate surface area is 148 Å². The van der Waals surface area contributed by atoms with Crippen molar-refractivity contribution >= 4 is 17.5 Å². The normalized spacial score (nSPS) is 18.3. The summed E-state index contributed by atoms with van der Waals surface area (Å²) in [5, 5.41) is 2.95. The highest BCUT2D eigenvalue weighted by atomic mass is 16.2. The number of hydrogen-bond donors (Lipinski definition) is 1. The van der Waals surface area contributed by atoms with E-state index in [9.17, 15) is 9.59 Å². The Bertz CT molecular complexity index is 786. The van der Waals surface area contributed by atoms with Gasteiger partial charge in [-0.15, -0.1) is 0 Å². The average Bonchev–Trinajstić information content (AvgIpc) is 3.00. The number of likely N-dealkylation sites (tertiary alicyclic amines) is 1. The summed E-state index contributed by atoms with van der Waals surface area (Å²) < 4.78 is 0. The molecule has 2 atom stereocenters. The van der Waals surface area contributed by atoms with Crippen molar-refractivity contribution < 1.29 is 9.59 Å². The molecule has 1 heterocycles. The topological polar surface area (TPSA) is 49.4 Å². The summed E-state index contributed by atoms with van der Waals surface area (Å²) in [5.74, 6) is -0.351. The van der Waals surface area contributed by atoms with Gasteiger partial charge in [0.2, 0.25) is 11.8 Å². The number of benzene rings is 2. The van der Waals surface area contributed by atoms with Crippen LogP contribution >= 0.6 is 0 Å². The highest BCUT2D eigenvalue weighted by molar-refractivity contribution is 5.97. The van der Waals surface area contributed by atoms with E-state index in [1.807, 2.05) is 69.3 Å². The van der Waals surface area contributed by atoms with Crippen molar-refractivity contribution in [2.75, 3.05) is 11.9 Å². The van der Waals surface area contributed by atoms with Crippen molar-refractivity contribution in [1.82, 2.24) is 4.90 Å². The molecule has 1 saturated heterocycles. The molecule has 1 aliphatic heterocycles. The lowest BCUT2D eigenvalue weighted by Gasteiger charge is -2.25. The molecule has 130 valence electrons. The molecule has 1 N–H and O–H groups in total. The molecule has 1 fully saturated rings. The van der Waals surface area contributed by atoms with Gasteiger partial charge in [-0.3, -0.25) is 9.59 Å². The Hall–Kier alpha value is -2.62. The van der Waals surface area contributed by atoms with E-state index in [0.717, 1.165) is 16.8 Å². The number of carbonyl (C=O) groups excluding carboxylic acids is 2. The number of rotatable bonds is 4. The smallest absolute Gasteiger partial charge is 0.229 e. The predicted molar refractivity (Wildman–Crippen MR) is 99.2 cm³/mol. The molecular weight excluding hydrogens is 312 g/mol. The quantitative estimate of drug-likeness (QED) is 0.922. The third-order valence-electron chi connectivity index (χ3n) is 5.05. The molecule has 2 amide bonds. The van der Waals surface area contributed by atoms with Gasteiger partial charge in [0.05, 0.1) is 12.0 Å². The molecule has 4 heteroatoms.